The average molecular weight is 500 g/mol. The fraction of sp³-hybridized carbons (Fsp3) is 0.882. The molecule has 1 aliphatic carbocycles. The van der Waals surface area contributed by atoms with Crippen LogP contribution >= 0.6 is 24.0 Å². The maximum absolute atomic E-state index is 12.7. The lowest BCUT2D eigenvalue weighted by Gasteiger charge is -2.40. The number of guanidine groups is 1. The van der Waals surface area contributed by atoms with Crippen molar-refractivity contribution in [3.8, 4) is 0 Å². The van der Waals surface area contributed by atoms with Crippen LogP contribution in [0.5, 0.6) is 0 Å². The van der Waals surface area contributed by atoms with Crippen LogP contribution in [0.15, 0.2) is 4.99 Å². The Bertz CT molecular complexity index is 640. The standard InChI is InChI=1S/C17H32N4O3S.HI/c1-16(2)13-21(10-11-25(16,23)24)15(18-3)19-12-17(8-6-7-9-17)14(22)20(4)5;/h6-13H2,1-5H3,(H,18,19);1H. The molecule has 0 spiro atoms. The van der Waals surface area contributed by atoms with Crippen LogP contribution in [-0.2, 0) is 14.6 Å². The third-order valence-corrected chi connectivity index (χ3v) is 8.09. The molecule has 1 saturated heterocycles. The molecule has 0 aromatic rings. The van der Waals surface area contributed by atoms with Crippen molar-refractivity contribution < 1.29 is 13.2 Å². The summed E-state index contributed by atoms with van der Waals surface area (Å²) in [7, 11) is 2.22. The van der Waals surface area contributed by atoms with Crippen LogP contribution in [-0.4, -0.2) is 81.4 Å². The summed E-state index contributed by atoms with van der Waals surface area (Å²) < 4.78 is 23.6. The van der Waals surface area contributed by atoms with Crippen molar-refractivity contribution in [2.75, 3.05) is 46.5 Å². The van der Waals surface area contributed by atoms with Crippen molar-refractivity contribution >= 4 is 45.7 Å². The van der Waals surface area contributed by atoms with E-state index in [4.69, 9.17) is 0 Å². The zero-order valence-electron chi connectivity index (χ0n) is 16.5. The molecule has 0 aromatic carbocycles. The summed E-state index contributed by atoms with van der Waals surface area (Å²) in [4.78, 5) is 20.7. The van der Waals surface area contributed by atoms with E-state index in [0.717, 1.165) is 25.7 Å². The second-order valence-corrected chi connectivity index (χ2v) is 10.8. The smallest absolute Gasteiger partial charge is 0.230 e. The van der Waals surface area contributed by atoms with Crippen LogP contribution in [0.25, 0.3) is 0 Å². The lowest BCUT2D eigenvalue weighted by molar-refractivity contribution is -0.138. The van der Waals surface area contributed by atoms with E-state index < -0.39 is 14.6 Å². The van der Waals surface area contributed by atoms with Gasteiger partial charge in [0, 0.05) is 40.8 Å². The van der Waals surface area contributed by atoms with Gasteiger partial charge in [-0.15, -0.1) is 24.0 Å². The Morgan fingerprint density at radius 1 is 1.23 bits per heavy atom. The first kappa shape index (κ1) is 23.5. The van der Waals surface area contributed by atoms with E-state index in [1.54, 1.807) is 39.9 Å². The van der Waals surface area contributed by atoms with E-state index in [-0.39, 0.29) is 41.1 Å². The number of nitrogens with one attached hydrogen (secondary N) is 1. The number of hydrogen-bond donors (Lipinski definition) is 1. The van der Waals surface area contributed by atoms with Crippen LogP contribution in [0.1, 0.15) is 39.5 Å². The monoisotopic (exact) mass is 500 g/mol. The van der Waals surface area contributed by atoms with Crippen LogP contribution < -0.4 is 5.32 Å². The molecule has 152 valence electrons. The second kappa shape index (κ2) is 8.62. The molecule has 2 fully saturated rings. The van der Waals surface area contributed by atoms with Crippen LogP contribution in [0.4, 0.5) is 0 Å². The van der Waals surface area contributed by atoms with Crippen molar-refractivity contribution in [2.24, 2.45) is 10.4 Å². The highest BCUT2D eigenvalue weighted by molar-refractivity contribution is 14.0. The topological polar surface area (TPSA) is 82.1 Å². The number of nitrogens with zero attached hydrogens (tertiary/aromatic N) is 3. The van der Waals surface area contributed by atoms with Crippen molar-refractivity contribution in [1.29, 1.82) is 0 Å². The van der Waals surface area contributed by atoms with Crippen molar-refractivity contribution in [3.63, 3.8) is 0 Å². The minimum Gasteiger partial charge on any atom is -0.355 e. The van der Waals surface area contributed by atoms with E-state index in [1.807, 2.05) is 4.90 Å². The predicted molar refractivity (Wildman–Crippen MR) is 116 cm³/mol. The van der Waals surface area contributed by atoms with E-state index in [9.17, 15) is 13.2 Å². The van der Waals surface area contributed by atoms with Gasteiger partial charge in [0.25, 0.3) is 0 Å². The lowest BCUT2D eigenvalue weighted by atomic mass is 9.84. The van der Waals surface area contributed by atoms with Gasteiger partial charge in [0.1, 0.15) is 0 Å². The minimum atomic E-state index is -3.09. The van der Waals surface area contributed by atoms with Crippen LogP contribution in [0.3, 0.4) is 0 Å². The molecule has 2 rings (SSSR count). The first-order valence-corrected chi connectivity index (χ1v) is 10.6. The third-order valence-electron chi connectivity index (χ3n) is 5.56. The predicted octanol–water partition coefficient (Wildman–Crippen LogP) is 1.34. The number of hydrogen-bond acceptors (Lipinski definition) is 4. The van der Waals surface area contributed by atoms with Crippen molar-refractivity contribution in [2.45, 2.75) is 44.3 Å². The highest BCUT2D eigenvalue weighted by atomic mass is 127. The molecule has 26 heavy (non-hydrogen) atoms. The Morgan fingerprint density at radius 3 is 2.27 bits per heavy atom. The highest BCUT2D eigenvalue weighted by Gasteiger charge is 2.44. The minimum absolute atomic E-state index is 0. The molecule has 0 aromatic heterocycles. The van der Waals surface area contributed by atoms with E-state index >= 15 is 0 Å². The molecule has 0 radical (unpaired) electrons. The zero-order chi connectivity index (χ0) is 18.9. The number of sulfone groups is 1. The Kier molecular flexibility index (Phi) is 7.78. The molecule has 1 heterocycles. The summed E-state index contributed by atoms with van der Waals surface area (Å²) in [6.45, 7) is 4.90. The number of carbonyl (C=O) groups excluding carboxylic acids is 1. The van der Waals surface area contributed by atoms with E-state index in [2.05, 4.69) is 10.3 Å². The lowest BCUT2D eigenvalue weighted by Crippen LogP contribution is -2.58. The molecule has 1 aliphatic heterocycles. The molecule has 9 heteroatoms. The Balaban J connectivity index is 0.00000338. The van der Waals surface area contributed by atoms with Crippen molar-refractivity contribution in [1.82, 2.24) is 15.1 Å². The van der Waals surface area contributed by atoms with Crippen LogP contribution in [0.2, 0.25) is 0 Å². The molecular weight excluding hydrogens is 467 g/mol. The largest absolute Gasteiger partial charge is 0.355 e. The maximum Gasteiger partial charge on any atom is 0.230 e. The SMILES string of the molecule is CN=C(NCC1(C(=O)N(C)C)CCCC1)N1CCS(=O)(=O)C(C)(C)C1.I. The fourth-order valence-corrected chi connectivity index (χ4v) is 5.26. The average Bonchev–Trinajstić information content (AvgIpc) is 3.00. The summed E-state index contributed by atoms with van der Waals surface area (Å²) in [6, 6.07) is 0. The van der Waals surface area contributed by atoms with Gasteiger partial charge in [-0.1, -0.05) is 12.8 Å². The third kappa shape index (κ3) is 4.63. The summed E-state index contributed by atoms with van der Waals surface area (Å²) in [6.07, 6.45) is 3.89. The molecule has 0 atom stereocenters. The summed E-state index contributed by atoms with van der Waals surface area (Å²) in [5.74, 6) is 0.970. The highest BCUT2D eigenvalue weighted by Crippen LogP contribution is 2.39. The van der Waals surface area contributed by atoms with Gasteiger partial charge in [0.05, 0.1) is 15.9 Å². The van der Waals surface area contributed by atoms with Gasteiger partial charge in [-0.05, 0) is 26.7 Å². The van der Waals surface area contributed by atoms with Gasteiger partial charge >= 0.3 is 0 Å². The number of carbonyl (C=O) groups is 1. The van der Waals surface area contributed by atoms with E-state index in [1.165, 1.54) is 0 Å². The number of aliphatic imine (C=N–C) groups is 1. The van der Waals surface area contributed by atoms with Gasteiger partial charge in [-0.2, -0.15) is 0 Å². The molecule has 2 aliphatic rings. The van der Waals surface area contributed by atoms with Gasteiger partial charge in [0.15, 0.2) is 15.8 Å². The first-order chi connectivity index (χ1) is 11.5. The molecule has 0 unspecified atom stereocenters. The van der Waals surface area contributed by atoms with Gasteiger partial charge in [-0.25, -0.2) is 8.42 Å². The summed E-state index contributed by atoms with van der Waals surface area (Å²) in [5.41, 5.74) is -0.378. The van der Waals surface area contributed by atoms with Crippen LogP contribution in [0, 0.1) is 5.41 Å². The van der Waals surface area contributed by atoms with Gasteiger partial charge in [-0.3, -0.25) is 9.79 Å². The fourth-order valence-electron chi connectivity index (χ4n) is 3.90. The quantitative estimate of drug-likeness (QED) is 0.360. The first-order valence-electron chi connectivity index (χ1n) is 8.94. The number of halogens is 1. The Labute approximate surface area is 174 Å². The van der Waals surface area contributed by atoms with E-state index in [0.29, 0.717) is 25.6 Å². The number of amides is 1. The second-order valence-electron chi connectivity index (χ2n) is 8.09. The Morgan fingerprint density at radius 2 is 1.81 bits per heavy atom. The van der Waals surface area contributed by atoms with Gasteiger partial charge in [0.2, 0.25) is 5.91 Å². The molecule has 1 saturated carbocycles. The number of rotatable bonds is 3. The summed E-state index contributed by atoms with van der Waals surface area (Å²) >= 11 is 0. The maximum atomic E-state index is 12.7. The van der Waals surface area contributed by atoms with Gasteiger partial charge < -0.3 is 15.1 Å². The summed E-state index contributed by atoms with van der Waals surface area (Å²) in [5, 5.41) is 3.36. The zero-order valence-corrected chi connectivity index (χ0v) is 19.7. The normalized spacial score (nSPS) is 23.9. The van der Waals surface area contributed by atoms with Crippen molar-refractivity contribution in [3.05, 3.63) is 0 Å². The molecule has 7 nitrogen and oxygen atoms in total. The molecule has 1 N–H and O–H groups in total. The Hall–Kier alpha value is -0.580. The molecule has 1 amide bonds. The molecule has 0 bridgehead atoms. The molecular formula is C17H33IN4O3S.